The summed E-state index contributed by atoms with van der Waals surface area (Å²) in [5, 5.41) is 10.5. The molecular formula is C17H21ClFN5O. The Morgan fingerprint density at radius 2 is 1.84 bits per heavy atom. The molecule has 1 amide bonds. The number of hydrogen-bond acceptors (Lipinski definition) is 4. The highest BCUT2D eigenvalue weighted by molar-refractivity contribution is 5.94. The van der Waals surface area contributed by atoms with E-state index in [0.29, 0.717) is 25.3 Å². The number of fused-ring (bicyclic) bond motifs is 1. The second-order valence-electron chi connectivity index (χ2n) is 6.21. The number of piperazine rings is 1. The molecule has 134 valence electrons. The molecule has 0 radical (unpaired) electrons. The van der Waals surface area contributed by atoms with E-state index in [1.807, 2.05) is 4.90 Å². The van der Waals surface area contributed by atoms with Gasteiger partial charge in [-0.2, -0.15) is 5.10 Å². The number of nitrogens with one attached hydrogen (secondary N) is 2. The van der Waals surface area contributed by atoms with Crippen LogP contribution in [0.15, 0.2) is 24.3 Å². The maximum absolute atomic E-state index is 13.0. The summed E-state index contributed by atoms with van der Waals surface area (Å²) in [5.41, 5.74) is 3.62. The van der Waals surface area contributed by atoms with Gasteiger partial charge in [-0.3, -0.25) is 9.89 Å². The predicted molar refractivity (Wildman–Crippen MR) is 95.8 cm³/mol. The number of hydrogen-bond donors (Lipinski definition) is 2. The van der Waals surface area contributed by atoms with Crippen LogP contribution in [-0.2, 0) is 13.0 Å². The third-order valence-electron chi connectivity index (χ3n) is 4.77. The average molecular weight is 366 g/mol. The Morgan fingerprint density at radius 3 is 2.56 bits per heavy atom. The Kier molecular flexibility index (Phi) is 5.24. The predicted octanol–water partition coefficient (Wildman–Crippen LogP) is 1.58. The lowest BCUT2D eigenvalue weighted by atomic mass is 10.1. The summed E-state index contributed by atoms with van der Waals surface area (Å²) in [6, 6.07) is 6.50. The number of H-pyrrole nitrogens is 1. The Morgan fingerprint density at radius 1 is 1.12 bits per heavy atom. The molecule has 1 aromatic carbocycles. The molecule has 0 atom stereocenters. The Bertz CT molecular complexity index is 740. The van der Waals surface area contributed by atoms with Crippen molar-refractivity contribution in [3.05, 3.63) is 47.0 Å². The monoisotopic (exact) mass is 365 g/mol. The van der Waals surface area contributed by atoms with Crippen molar-refractivity contribution in [2.75, 3.05) is 37.6 Å². The molecule has 1 saturated heterocycles. The molecule has 2 aliphatic heterocycles. The van der Waals surface area contributed by atoms with Gasteiger partial charge < -0.3 is 15.1 Å². The second kappa shape index (κ2) is 7.41. The number of amides is 1. The molecule has 4 rings (SSSR count). The molecule has 2 N–H and O–H groups in total. The highest BCUT2D eigenvalue weighted by Crippen LogP contribution is 2.20. The third kappa shape index (κ3) is 3.48. The smallest absolute Gasteiger partial charge is 0.274 e. The summed E-state index contributed by atoms with van der Waals surface area (Å²) in [6.07, 6.45) is 0.883. The molecule has 2 aliphatic rings. The maximum atomic E-state index is 13.0. The van der Waals surface area contributed by atoms with Crippen molar-refractivity contribution in [2.45, 2.75) is 13.0 Å². The van der Waals surface area contributed by atoms with Crippen LogP contribution >= 0.6 is 12.4 Å². The fourth-order valence-electron chi connectivity index (χ4n) is 3.37. The van der Waals surface area contributed by atoms with Crippen LogP contribution in [0, 0.1) is 5.82 Å². The van der Waals surface area contributed by atoms with Crippen molar-refractivity contribution in [3.8, 4) is 0 Å². The summed E-state index contributed by atoms with van der Waals surface area (Å²) in [4.78, 5) is 16.8. The number of halogens is 2. The lowest BCUT2D eigenvalue weighted by Crippen LogP contribution is -2.49. The van der Waals surface area contributed by atoms with Gasteiger partial charge in [0.25, 0.3) is 5.91 Å². The fourth-order valence-corrected chi connectivity index (χ4v) is 3.37. The number of nitrogens with zero attached hydrogens (tertiary/aromatic N) is 3. The van der Waals surface area contributed by atoms with Crippen molar-refractivity contribution in [1.29, 1.82) is 0 Å². The largest absolute Gasteiger partial charge is 0.368 e. The lowest BCUT2D eigenvalue weighted by molar-refractivity contribution is 0.0739. The molecule has 0 spiro atoms. The Hall–Kier alpha value is -2.12. The fraction of sp³-hybridized carbons (Fsp3) is 0.412. The summed E-state index contributed by atoms with van der Waals surface area (Å²) in [6.45, 7) is 4.38. The van der Waals surface area contributed by atoms with Crippen molar-refractivity contribution in [1.82, 2.24) is 20.4 Å². The summed E-state index contributed by atoms with van der Waals surface area (Å²) in [5.74, 6) is -0.237. The molecule has 1 fully saturated rings. The summed E-state index contributed by atoms with van der Waals surface area (Å²) < 4.78 is 13.0. The van der Waals surface area contributed by atoms with E-state index in [1.54, 1.807) is 12.1 Å². The van der Waals surface area contributed by atoms with Gasteiger partial charge in [-0.05, 0) is 24.3 Å². The number of carbonyl (C=O) groups excluding carboxylic acids is 1. The first-order valence-corrected chi connectivity index (χ1v) is 8.29. The average Bonchev–Trinajstić information content (AvgIpc) is 3.06. The van der Waals surface area contributed by atoms with Gasteiger partial charge in [0.05, 0.1) is 0 Å². The van der Waals surface area contributed by atoms with Crippen LogP contribution in [0.1, 0.15) is 21.7 Å². The van der Waals surface area contributed by atoms with Gasteiger partial charge in [-0.15, -0.1) is 12.4 Å². The van der Waals surface area contributed by atoms with Gasteiger partial charge in [-0.25, -0.2) is 4.39 Å². The molecule has 1 aromatic heterocycles. The van der Waals surface area contributed by atoms with Gasteiger partial charge in [0, 0.05) is 62.6 Å². The molecule has 25 heavy (non-hydrogen) atoms. The van der Waals surface area contributed by atoms with E-state index >= 15 is 0 Å². The topological polar surface area (TPSA) is 64.3 Å². The van der Waals surface area contributed by atoms with Gasteiger partial charge in [-0.1, -0.05) is 0 Å². The molecule has 2 aromatic rings. The van der Waals surface area contributed by atoms with Crippen LogP contribution < -0.4 is 10.2 Å². The lowest BCUT2D eigenvalue weighted by Gasteiger charge is -2.36. The number of carbonyl (C=O) groups is 1. The normalized spacial score (nSPS) is 17.0. The first kappa shape index (κ1) is 17.7. The van der Waals surface area contributed by atoms with Crippen molar-refractivity contribution in [3.63, 3.8) is 0 Å². The quantitative estimate of drug-likeness (QED) is 0.848. The number of benzene rings is 1. The van der Waals surface area contributed by atoms with Gasteiger partial charge in [0.15, 0.2) is 5.69 Å². The van der Waals surface area contributed by atoms with E-state index in [4.69, 9.17) is 0 Å². The molecule has 3 heterocycles. The molecule has 0 aliphatic carbocycles. The van der Waals surface area contributed by atoms with E-state index in [9.17, 15) is 9.18 Å². The number of aromatic amines is 1. The molecule has 0 unspecified atom stereocenters. The number of aromatic nitrogens is 2. The van der Waals surface area contributed by atoms with E-state index in [-0.39, 0.29) is 24.1 Å². The van der Waals surface area contributed by atoms with Crippen molar-refractivity contribution in [2.24, 2.45) is 0 Å². The van der Waals surface area contributed by atoms with Crippen LogP contribution in [0.3, 0.4) is 0 Å². The third-order valence-corrected chi connectivity index (χ3v) is 4.77. The Labute approximate surface area is 151 Å². The van der Waals surface area contributed by atoms with Crippen LogP contribution in [-0.4, -0.2) is 53.7 Å². The van der Waals surface area contributed by atoms with E-state index in [2.05, 4.69) is 20.4 Å². The zero-order chi connectivity index (χ0) is 16.5. The molecule has 8 heteroatoms. The maximum Gasteiger partial charge on any atom is 0.274 e. The van der Waals surface area contributed by atoms with Crippen LogP contribution in [0.5, 0.6) is 0 Å². The Balaban J connectivity index is 0.00000182. The molecule has 6 nitrogen and oxygen atoms in total. The molecule has 0 saturated carbocycles. The molecular weight excluding hydrogens is 345 g/mol. The minimum Gasteiger partial charge on any atom is -0.368 e. The second-order valence-corrected chi connectivity index (χ2v) is 6.21. The zero-order valence-electron chi connectivity index (χ0n) is 13.8. The standard InChI is InChI=1S/C17H20FN5O.ClH/c18-12-1-3-13(4-2-12)22-7-9-23(10-8-22)17(24)16-14-11-19-6-5-15(14)20-21-16;/h1-4,19H,5-11H2,(H,20,21);1H. The van der Waals surface area contributed by atoms with Crippen molar-refractivity contribution >= 4 is 24.0 Å². The van der Waals surface area contributed by atoms with Crippen LogP contribution in [0.2, 0.25) is 0 Å². The first-order valence-electron chi connectivity index (χ1n) is 8.29. The first-order chi connectivity index (χ1) is 11.7. The number of rotatable bonds is 2. The van der Waals surface area contributed by atoms with Gasteiger partial charge in [0.2, 0.25) is 0 Å². The number of anilines is 1. The summed E-state index contributed by atoms with van der Waals surface area (Å²) >= 11 is 0. The highest BCUT2D eigenvalue weighted by Gasteiger charge is 2.28. The highest BCUT2D eigenvalue weighted by atomic mass is 35.5. The van der Waals surface area contributed by atoms with Crippen molar-refractivity contribution < 1.29 is 9.18 Å². The summed E-state index contributed by atoms with van der Waals surface area (Å²) in [7, 11) is 0. The minimum atomic E-state index is -0.232. The SMILES string of the molecule is Cl.O=C(c1n[nH]c2c1CNCC2)N1CCN(c2ccc(F)cc2)CC1. The van der Waals surface area contributed by atoms with Crippen LogP contribution in [0.4, 0.5) is 10.1 Å². The van der Waals surface area contributed by atoms with Crippen LogP contribution in [0.25, 0.3) is 0 Å². The molecule has 0 bridgehead atoms. The van der Waals surface area contributed by atoms with Gasteiger partial charge in [0.1, 0.15) is 5.82 Å². The van der Waals surface area contributed by atoms with E-state index < -0.39 is 0 Å². The van der Waals surface area contributed by atoms with E-state index in [1.165, 1.54) is 12.1 Å². The van der Waals surface area contributed by atoms with E-state index in [0.717, 1.165) is 43.0 Å². The van der Waals surface area contributed by atoms with Gasteiger partial charge >= 0.3 is 0 Å². The zero-order valence-corrected chi connectivity index (χ0v) is 14.6. The minimum absolute atomic E-state index is 0.